The second-order valence-electron chi connectivity index (χ2n) is 6.76. The normalized spacial score (nSPS) is 16.7. The summed E-state index contributed by atoms with van der Waals surface area (Å²) in [5, 5.41) is 0. The molecule has 5 heteroatoms. The summed E-state index contributed by atoms with van der Waals surface area (Å²) in [6.07, 6.45) is 12.9. The zero-order valence-electron chi connectivity index (χ0n) is 14.2. The lowest BCUT2D eigenvalue weighted by atomic mass is 9.69. The van der Waals surface area contributed by atoms with Crippen molar-refractivity contribution in [3.8, 4) is 22.8 Å². The van der Waals surface area contributed by atoms with Crippen LogP contribution < -0.4 is 5.73 Å². The molecule has 1 aliphatic carbocycles. The van der Waals surface area contributed by atoms with Crippen molar-refractivity contribution >= 4 is 0 Å². The molecule has 1 saturated carbocycles. The average Bonchev–Trinajstić information content (AvgIpc) is 3.24. The minimum Gasteiger partial charge on any atom is -0.442 e. The van der Waals surface area contributed by atoms with Gasteiger partial charge < -0.3 is 10.2 Å². The standard InChI is InChI=1S/C20H22N4O/c21-14-20(7-2-1-3-8-20)17-6-4-5-15(11-17)16-12-23-18(24-13-16)19-22-9-10-25-19/h4-6,9-13H,1-3,7-8,14,21H2. The SMILES string of the molecule is NCC1(c2cccc(-c3cnc(-c4ncco4)nc3)c2)CCCCC1. The molecule has 0 bridgehead atoms. The number of aromatic nitrogens is 3. The molecule has 0 aliphatic heterocycles. The summed E-state index contributed by atoms with van der Waals surface area (Å²) in [5.74, 6) is 0.931. The monoisotopic (exact) mass is 334 g/mol. The summed E-state index contributed by atoms with van der Waals surface area (Å²) in [5.41, 5.74) is 9.75. The molecule has 0 saturated heterocycles. The van der Waals surface area contributed by atoms with Gasteiger partial charge in [0.25, 0.3) is 5.89 Å². The van der Waals surface area contributed by atoms with Crippen LogP contribution >= 0.6 is 0 Å². The van der Waals surface area contributed by atoms with Crippen LogP contribution in [0.15, 0.2) is 53.5 Å². The van der Waals surface area contributed by atoms with Gasteiger partial charge in [-0.1, -0.05) is 43.5 Å². The first kappa shape index (κ1) is 16.0. The molecule has 1 aromatic carbocycles. The second kappa shape index (κ2) is 6.76. The second-order valence-corrected chi connectivity index (χ2v) is 6.76. The van der Waals surface area contributed by atoms with Crippen LogP contribution in [0.3, 0.4) is 0 Å². The van der Waals surface area contributed by atoms with Crippen LogP contribution in [0.1, 0.15) is 37.7 Å². The molecule has 5 nitrogen and oxygen atoms in total. The molecule has 3 aromatic rings. The third-order valence-corrected chi connectivity index (χ3v) is 5.29. The Bertz CT molecular complexity index is 821. The van der Waals surface area contributed by atoms with E-state index in [0.29, 0.717) is 18.3 Å². The molecule has 25 heavy (non-hydrogen) atoms. The zero-order chi connectivity index (χ0) is 17.1. The van der Waals surface area contributed by atoms with E-state index in [0.717, 1.165) is 11.1 Å². The number of oxazole rings is 1. The number of nitrogens with zero attached hydrogens (tertiary/aromatic N) is 3. The molecule has 2 aromatic heterocycles. The average molecular weight is 334 g/mol. The Balaban J connectivity index is 1.65. The summed E-state index contributed by atoms with van der Waals surface area (Å²) in [6.45, 7) is 0.704. The highest BCUT2D eigenvalue weighted by Crippen LogP contribution is 2.39. The highest BCUT2D eigenvalue weighted by molar-refractivity contribution is 5.63. The van der Waals surface area contributed by atoms with Crippen LogP contribution in [0.25, 0.3) is 22.8 Å². The van der Waals surface area contributed by atoms with E-state index in [1.807, 2.05) is 12.4 Å². The minimum absolute atomic E-state index is 0.118. The fraction of sp³-hybridized carbons (Fsp3) is 0.350. The van der Waals surface area contributed by atoms with Gasteiger partial charge in [-0.15, -0.1) is 0 Å². The smallest absolute Gasteiger partial charge is 0.264 e. The number of hydrogen-bond acceptors (Lipinski definition) is 5. The first-order valence-electron chi connectivity index (χ1n) is 8.84. The van der Waals surface area contributed by atoms with E-state index in [2.05, 4.69) is 39.2 Å². The van der Waals surface area contributed by atoms with Crippen molar-refractivity contribution in [2.75, 3.05) is 6.54 Å². The molecule has 0 unspecified atom stereocenters. The quantitative estimate of drug-likeness (QED) is 0.781. The van der Waals surface area contributed by atoms with Crippen molar-refractivity contribution in [3.05, 3.63) is 54.7 Å². The van der Waals surface area contributed by atoms with Gasteiger partial charge in [-0.25, -0.2) is 15.0 Å². The van der Waals surface area contributed by atoms with Crippen LogP contribution in [0.4, 0.5) is 0 Å². The van der Waals surface area contributed by atoms with Gasteiger partial charge in [-0.05, 0) is 24.0 Å². The first-order valence-corrected chi connectivity index (χ1v) is 8.84. The Morgan fingerprint density at radius 3 is 2.48 bits per heavy atom. The largest absolute Gasteiger partial charge is 0.442 e. The van der Waals surface area contributed by atoms with Gasteiger partial charge in [0.05, 0.1) is 6.20 Å². The fourth-order valence-electron chi connectivity index (χ4n) is 3.79. The topological polar surface area (TPSA) is 77.8 Å². The zero-order valence-corrected chi connectivity index (χ0v) is 14.2. The molecule has 2 N–H and O–H groups in total. The number of nitrogens with two attached hydrogens (primary N) is 1. The summed E-state index contributed by atoms with van der Waals surface area (Å²) in [6, 6.07) is 8.67. The summed E-state index contributed by atoms with van der Waals surface area (Å²) in [4.78, 5) is 12.8. The minimum atomic E-state index is 0.118. The third kappa shape index (κ3) is 3.07. The highest BCUT2D eigenvalue weighted by atomic mass is 16.3. The Kier molecular flexibility index (Phi) is 4.32. The van der Waals surface area contributed by atoms with Crippen molar-refractivity contribution < 1.29 is 4.42 Å². The highest BCUT2D eigenvalue weighted by Gasteiger charge is 2.32. The van der Waals surface area contributed by atoms with Gasteiger partial charge >= 0.3 is 0 Å². The van der Waals surface area contributed by atoms with Crippen molar-refractivity contribution in [2.45, 2.75) is 37.5 Å². The van der Waals surface area contributed by atoms with E-state index in [1.54, 1.807) is 6.20 Å². The number of rotatable bonds is 4. The lowest BCUT2D eigenvalue weighted by Crippen LogP contribution is -2.37. The molecule has 0 spiro atoms. The van der Waals surface area contributed by atoms with E-state index >= 15 is 0 Å². The van der Waals surface area contributed by atoms with E-state index in [1.165, 1.54) is 43.9 Å². The van der Waals surface area contributed by atoms with Crippen LogP contribution in [0.2, 0.25) is 0 Å². The van der Waals surface area contributed by atoms with Crippen LogP contribution in [-0.4, -0.2) is 21.5 Å². The fourth-order valence-corrected chi connectivity index (χ4v) is 3.79. The Morgan fingerprint density at radius 2 is 1.80 bits per heavy atom. The maximum atomic E-state index is 6.19. The van der Waals surface area contributed by atoms with Crippen LogP contribution in [0.5, 0.6) is 0 Å². The van der Waals surface area contributed by atoms with Crippen LogP contribution in [0, 0.1) is 0 Å². The van der Waals surface area contributed by atoms with Crippen molar-refractivity contribution in [1.82, 2.24) is 15.0 Å². The van der Waals surface area contributed by atoms with Crippen molar-refractivity contribution in [3.63, 3.8) is 0 Å². The third-order valence-electron chi connectivity index (χ3n) is 5.29. The van der Waals surface area contributed by atoms with Crippen molar-refractivity contribution in [2.24, 2.45) is 5.73 Å². The molecular formula is C20H22N4O. The Hall–Kier alpha value is -2.53. The molecule has 128 valence electrons. The van der Waals surface area contributed by atoms with Crippen molar-refractivity contribution in [1.29, 1.82) is 0 Å². The van der Waals surface area contributed by atoms with Gasteiger partial charge in [0.2, 0.25) is 5.82 Å². The molecule has 0 atom stereocenters. The summed E-state index contributed by atoms with van der Waals surface area (Å²) in [7, 11) is 0. The van der Waals surface area contributed by atoms with Gasteiger partial charge in [-0.2, -0.15) is 0 Å². The molecule has 2 heterocycles. The molecule has 0 amide bonds. The predicted molar refractivity (Wildman–Crippen MR) is 96.8 cm³/mol. The van der Waals surface area contributed by atoms with Gasteiger partial charge in [0, 0.05) is 29.9 Å². The van der Waals surface area contributed by atoms with E-state index in [4.69, 9.17) is 10.2 Å². The van der Waals surface area contributed by atoms with Crippen LogP contribution in [-0.2, 0) is 5.41 Å². The lowest BCUT2D eigenvalue weighted by molar-refractivity contribution is 0.301. The number of hydrogen-bond donors (Lipinski definition) is 1. The van der Waals surface area contributed by atoms with E-state index in [9.17, 15) is 0 Å². The maximum Gasteiger partial charge on any atom is 0.264 e. The van der Waals surface area contributed by atoms with E-state index < -0.39 is 0 Å². The maximum absolute atomic E-state index is 6.19. The predicted octanol–water partition coefficient (Wildman–Crippen LogP) is 3.96. The summed E-state index contributed by atoms with van der Waals surface area (Å²) < 4.78 is 5.24. The summed E-state index contributed by atoms with van der Waals surface area (Å²) >= 11 is 0. The first-order chi connectivity index (χ1) is 12.3. The molecule has 1 aliphatic rings. The Morgan fingerprint density at radius 1 is 1.00 bits per heavy atom. The molecule has 1 fully saturated rings. The number of benzene rings is 1. The molecular weight excluding hydrogens is 312 g/mol. The molecule has 4 rings (SSSR count). The van der Waals surface area contributed by atoms with Gasteiger partial charge in [0.15, 0.2) is 0 Å². The Labute approximate surface area is 147 Å². The lowest BCUT2D eigenvalue weighted by Gasteiger charge is -2.37. The van der Waals surface area contributed by atoms with E-state index in [-0.39, 0.29) is 5.41 Å². The van der Waals surface area contributed by atoms with Gasteiger partial charge in [0.1, 0.15) is 6.26 Å². The van der Waals surface area contributed by atoms with Gasteiger partial charge in [-0.3, -0.25) is 0 Å². The molecule has 0 radical (unpaired) electrons.